The summed E-state index contributed by atoms with van der Waals surface area (Å²) in [6.07, 6.45) is 5.40. The van der Waals surface area contributed by atoms with Gasteiger partial charge in [0.15, 0.2) is 0 Å². The minimum absolute atomic E-state index is 0.463. The lowest BCUT2D eigenvalue weighted by Gasteiger charge is -2.37. The van der Waals surface area contributed by atoms with Crippen molar-refractivity contribution < 1.29 is 4.74 Å². The monoisotopic (exact) mass is 275 g/mol. The summed E-state index contributed by atoms with van der Waals surface area (Å²) < 4.78 is 5.87. The van der Waals surface area contributed by atoms with Crippen LogP contribution < -0.4 is 5.32 Å². The lowest BCUT2D eigenvalue weighted by Crippen LogP contribution is -2.47. The topological polar surface area (TPSA) is 37.4 Å². The van der Waals surface area contributed by atoms with Crippen LogP contribution >= 0.6 is 0 Å². The van der Waals surface area contributed by atoms with Crippen molar-refractivity contribution in [2.45, 2.75) is 51.3 Å². The fourth-order valence-corrected chi connectivity index (χ4v) is 3.33. The molecule has 2 heterocycles. The van der Waals surface area contributed by atoms with Crippen molar-refractivity contribution in [1.29, 1.82) is 0 Å². The van der Waals surface area contributed by atoms with E-state index in [-0.39, 0.29) is 0 Å². The Bertz CT molecular complexity index is 437. The first-order valence-corrected chi connectivity index (χ1v) is 7.92. The summed E-state index contributed by atoms with van der Waals surface area (Å²) in [6, 6.07) is 6.90. The normalized spacial score (nSPS) is 26.4. The van der Waals surface area contributed by atoms with Crippen molar-refractivity contribution in [3.8, 4) is 0 Å². The molecule has 1 saturated heterocycles. The maximum absolute atomic E-state index is 5.87. The molecule has 2 fully saturated rings. The second kappa shape index (κ2) is 6.55. The molecule has 0 radical (unpaired) electrons. The SMILES string of the molecule is CCCNc1cccc(CN2CCOC3CCCC32)n1. The molecule has 0 spiro atoms. The van der Waals surface area contributed by atoms with Gasteiger partial charge in [-0.05, 0) is 37.8 Å². The van der Waals surface area contributed by atoms with Crippen molar-refractivity contribution in [3.05, 3.63) is 23.9 Å². The van der Waals surface area contributed by atoms with E-state index in [1.807, 2.05) is 0 Å². The van der Waals surface area contributed by atoms with Crippen LogP contribution in [0.3, 0.4) is 0 Å². The van der Waals surface area contributed by atoms with Crippen LogP contribution in [0.25, 0.3) is 0 Å². The van der Waals surface area contributed by atoms with Gasteiger partial charge in [0.2, 0.25) is 0 Å². The van der Waals surface area contributed by atoms with Gasteiger partial charge in [-0.15, -0.1) is 0 Å². The summed E-state index contributed by atoms with van der Waals surface area (Å²) in [5.74, 6) is 1.00. The molecule has 0 bridgehead atoms. The van der Waals surface area contributed by atoms with E-state index < -0.39 is 0 Å². The summed E-state index contributed by atoms with van der Waals surface area (Å²) in [7, 11) is 0. The molecular weight excluding hydrogens is 250 g/mol. The van der Waals surface area contributed by atoms with Crippen LogP contribution in [0.1, 0.15) is 38.3 Å². The van der Waals surface area contributed by atoms with Gasteiger partial charge in [0.25, 0.3) is 0 Å². The Labute approximate surface area is 121 Å². The van der Waals surface area contributed by atoms with Gasteiger partial charge in [0.1, 0.15) is 5.82 Å². The highest BCUT2D eigenvalue weighted by Crippen LogP contribution is 2.30. The largest absolute Gasteiger partial charge is 0.375 e. The predicted octanol–water partition coefficient (Wildman–Crippen LogP) is 2.66. The Morgan fingerprint density at radius 2 is 2.35 bits per heavy atom. The number of hydrogen-bond donors (Lipinski definition) is 1. The Kier molecular flexibility index (Phi) is 4.53. The maximum atomic E-state index is 5.87. The molecule has 0 aromatic carbocycles. The highest BCUT2D eigenvalue weighted by Gasteiger charge is 2.35. The third-order valence-electron chi connectivity index (χ3n) is 4.33. The minimum Gasteiger partial charge on any atom is -0.375 e. The standard InChI is InChI=1S/C16H25N3O/c1-2-9-17-16-8-3-5-13(18-16)12-19-10-11-20-15-7-4-6-14(15)19/h3,5,8,14-15H,2,4,6-7,9-12H2,1H3,(H,17,18). The fraction of sp³-hybridized carbons (Fsp3) is 0.688. The van der Waals surface area contributed by atoms with Crippen LogP contribution in [0.5, 0.6) is 0 Å². The molecule has 4 nitrogen and oxygen atoms in total. The van der Waals surface area contributed by atoms with Crippen LogP contribution in [-0.4, -0.2) is 41.7 Å². The van der Waals surface area contributed by atoms with E-state index in [9.17, 15) is 0 Å². The number of morpholine rings is 1. The van der Waals surface area contributed by atoms with Gasteiger partial charge in [-0.1, -0.05) is 13.0 Å². The summed E-state index contributed by atoms with van der Waals surface area (Å²) in [5.41, 5.74) is 1.17. The van der Waals surface area contributed by atoms with Gasteiger partial charge in [0.05, 0.1) is 18.4 Å². The first-order valence-electron chi connectivity index (χ1n) is 7.92. The smallest absolute Gasteiger partial charge is 0.126 e. The number of anilines is 1. The van der Waals surface area contributed by atoms with Crippen molar-refractivity contribution in [1.82, 2.24) is 9.88 Å². The molecule has 2 aliphatic rings. The van der Waals surface area contributed by atoms with E-state index in [1.54, 1.807) is 0 Å². The van der Waals surface area contributed by atoms with Gasteiger partial charge in [0, 0.05) is 25.7 Å². The number of ether oxygens (including phenoxy) is 1. The van der Waals surface area contributed by atoms with Gasteiger partial charge in [-0.2, -0.15) is 0 Å². The van der Waals surface area contributed by atoms with Crippen molar-refractivity contribution >= 4 is 5.82 Å². The molecule has 1 aliphatic carbocycles. The number of hydrogen-bond acceptors (Lipinski definition) is 4. The molecular formula is C16H25N3O. The second-order valence-electron chi connectivity index (χ2n) is 5.82. The number of aromatic nitrogens is 1. The molecule has 3 rings (SSSR count). The van der Waals surface area contributed by atoms with Gasteiger partial charge in [-0.25, -0.2) is 4.98 Å². The molecule has 1 aromatic heterocycles. The van der Waals surface area contributed by atoms with Crippen molar-refractivity contribution in [3.63, 3.8) is 0 Å². The number of pyridine rings is 1. The molecule has 110 valence electrons. The van der Waals surface area contributed by atoms with Crippen LogP contribution in [0.15, 0.2) is 18.2 Å². The van der Waals surface area contributed by atoms with Crippen molar-refractivity contribution in [2.75, 3.05) is 25.0 Å². The summed E-state index contributed by atoms with van der Waals surface area (Å²) in [5, 5.41) is 3.36. The highest BCUT2D eigenvalue weighted by atomic mass is 16.5. The number of rotatable bonds is 5. The summed E-state index contributed by atoms with van der Waals surface area (Å²) in [4.78, 5) is 7.29. The summed E-state index contributed by atoms with van der Waals surface area (Å²) >= 11 is 0. The van der Waals surface area contributed by atoms with Crippen LogP contribution in [-0.2, 0) is 11.3 Å². The number of nitrogens with one attached hydrogen (secondary N) is 1. The number of fused-ring (bicyclic) bond motifs is 1. The third kappa shape index (κ3) is 3.13. The molecule has 4 heteroatoms. The fourth-order valence-electron chi connectivity index (χ4n) is 3.33. The van der Waals surface area contributed by atoms with Crippen LogP contribution in [0.2, 0.25) is 0 Å². The van der Waals surface area contributed by atoms with E-state index in [0.717, 1.165) is 38.5 Å². The molecule has 20 heavy (non-hydrogen) atoms. The molecule has 1 aromatic rings. The maximum Gasteiger partial charge on any atom is 0.126 e. The lowest BCUT2D eigenvalue weighted by molar-refractivity contribution is -0.0591. The molecule has 1 aliphatic heterocycles. The second-order valence-corrected chi connectivity index (χ2v) is 5.82. The molecule has 2 unspecified atom stereocenters. The number of nitrogens with zero attached hydrogens (tertiary/aromatic N) is 2. The van der Waals surface area contributed by atoms with E-state index >= 15 is 0 Å². The zero-order valence-electron chi connectivity index (χ0n) is 12.3. The minimum atomic E-state index is 0.463. The Morgan fingerprint density at radius 1 is 1.40 bits per heavy atom. The summed E-state index contributed by atoms with van der Waals surface area (Å²) in [6.45, 7) is 6.01. The van der Waals surface area contributed by atoms with Gasteiger partial charge in [-0.3, -0.25) is 4.90 Å². The van der Waals surface area contributed by atoms with E-state index in [2.05, 4.69) is 35.3 Å². The average Bonchev–Trinajstić information content (AvgIpc) is 2.95. The van der Waals surface area contributed by atoms with Crippen LogP contribution in [0.4, 0.5) is 5.82 Å². The van der Waals surface area contributed by atoms with Crippen LogP contribution in [0, 0.1) is 0 Å². The van der Waals surface area contributed by atoms with E-state index in [1.165, 1.54) is 25.0 Å². The Balaban J connectivity index is 1.64. The third-order valence-corrected chi connectivity index (χ3v) is 4.33. The van der Waals surface area contributed by atoms with Crippen molar-refractivity contribution in [2.24, 2.45) is 0 Å². The Morgan fingerprint density at radius 3 is 3.25 bits per heavy atom. The van der Waals surface area contributed by atoms with E-state index in [4.69, 9.17) is 9.72 Å². The zero-order chi connectivity index (χ0) is 13.8. The van der Waals surface area contributed by atoms with E-state index in [0.29, 0.717) is 12.1 Å². The molecule has 2 atom stereocenters. The lowest BCUT2D eigenvalue weighted by atomic mass is 10.1. The zero-order valence-corrected chi connectivity index (χ0v) is 12.3. The quantitative estimate of drug-likeness (QED) is 0.896. The van der Waals surface area contributed by atoms with Gasteiger partial charge < -0.3 is 10.1 Å². The predicted molar refractivity (Wildman–Crippen MR) is 80.8 cm³/mol. The average molecular weight is 275 g/mol. The highest BCUT2D eigenvalue weighted by molar-refractivity contribution is 5.35. The Hall–Kier alpha value is -1.13. The molecule has 1 saturated carbocycles. The molecule has 1 N–H and O–H groups in total. The van der Waals surface area contributed by atoms with Gasteiger partial charge >= 0.3 is 0 Å². The molecule has 0 amide bonds. The first kappa shape index (κ1) is 13.8. The first-order chi connectivity index (χ1) is 9.86.